The van der Waals surface area contributed by atoms with E-state index in [1.165, 1.54) is 21.2 Å². The Balaban J connectivity index is 1.54. The van der Waals surface area contributed by atoms with E-state index in [4.69, 9.17) is 0 Å². The molecule has 0 spiro atoms. The van der Waals surface area contributed by atoms with Gasteiger partial charge in [0.05, 0.1) is 0 Å². The fourth-order valence-corrected chi connectivity index (χ4v) is 5.94. The first kappa shape index (κ1) is 20.3. The van der Waals surface area contributed by atoms with E-state index in [2.05, 4.69) is 6.92 Å². The number of hydrogen-bond acceptors (Lipinski definition) is 5. The molecular weight excluding hydrogens is 406 g/mol. The molecule has 0 bridgehead atoms. The summed E-state index contributed by atoms with van der Waals surface area (Å²) in [5.74, 6) is -0.196. The van der Waals surface area contributed by atoms with Crippen molar-refractivity contribution in [3.63, 3.8) is 0 Å². The Hall–Kier alpha value is -1.93. The summed E-state index contributed by atoms with van der Waals surface area (Å²) in [6.07, 6.45) is 6.56. The fraction of sp³-hybridized carbons (Fsp3) is 0.524. The molecular formula is C21H26N3O3S2+. The van der Waals surface area contributed by atoms with E-state index in [0.717, 1.165) is 37.1 Å². The minimum Gasteiger partial charge on any atom is -0.336 e. The average Bonchev–Trinajstić information content (AvgIpc) is 3.43. The SMILES string of the molecule is CCC1CCCCN1C(=O)C[N+]1=C2C=CSC2C(=O)N(CCc2cccs2)C1=O. The summed E-state index contributed by atoms with van der Waals surface area (Å²) in [4.78, 5) is 43.6. The van der Waals surface area contributed by atoms with Crippen molar-refractivity contribution in [2.45, 2.75) is 50.3 Å². The van der Waals surface area contributed by atoms with Gasteiger partial charge >= 0.3 is 11.9 Å². The third-order valence-corrected chi connectivity index (χ3v) is 7.80. The van der Waals surface area contributed by atoms with Gasteiger partial charge in [-0.2, -0.15) is 14.3 Å². The number of thiophene rings is 1. The number of amides is 4. The Bertz CT molecular complexity index is 863. The van der Waals surface area contributed by atoms with Gasteiger partial charge in [-0.3, -0.25) is 4.79 Å². The van der Waals surface area contributed by atoms with Crippen molar-refractivity contribution >= 4 is 46.7 Å². The predicted molar refractivity (Wildman–Crippen MR) is 115 cm³/mol. The van der Waals surface area contributed by atoms with Crippen molar-refractivity contribution in [2.24, 2.45) is 0 Å². The molecule has 4 heterocycles. The second-order valence-electron chi connectivity index (χ2n) is 7.58. The van der Waals surface area contributed by atoms with Crippen LogP contribution in [0, 0.1) is 0 Å². The fourth-order valence-electron chi connectivity index (χ4n) is 4.27. The zero-order valence-corrected chi connectivity index (χ0v) is 18.2. The van der Waals surface area contributed by atoms with Crippen molar-refractivity contribution in [1.82, 2.24) is 9.80 Å². The highest BCUT2D eigenvalue weighted by molar-refractivity contribution is 8.04. The molecule has 4 rings (SSSR count). The number of rotatable bonds is 6. The third-order valence-electron chi connectivity index (χ3n) is 5.86. The van der Waals surface area contributed by atoms with Crippen molar-refractivity contribution in [3.05, 3.63) is 33.9 Å². The number of fused-ring (bicyclic) bond motifs is 1. The van der Waals surface area contributed by atoms with Crippen LogP contribution in [0.4, 0.5) is 4.79 Å². The van der Waals surface area contributed by atoms with Crippen molar-refractivity contribution in [2.75, 3.05) is 19.6 Å². The van der Waals surface area contributed by atoms with Crippen molar-refractivity contribution in [3.8, 4) is 0 Å². The average molecular weight is 433 g/mol. The van der Waals surface area contributed by atoms with Crippen LogP contribution in [0.3, 0.4) is 0 Å². The number of piperidine rings is 1. The molecule has 6 nitrogen and oxygen atoms in total. The summed E-state index contributed by atoms with van der Waals surface area (Å²) in [5, 5.41) is 3.42. The molecule has 0 saturated carbocycles. The molecule has 2 unspecified atom stereocenters. The molecule has 1 fully saturated rings. The van der Waals surface area contributed by atoms with E-state index in [0.29, 0.717) is 18.7 Å². The molecule has 0 aliphatic carbocycles. The number of carbonyl (C=O) groups excluding carboxylic acids is 3. The number of nitrogens with zero attached hydrogens (tertiary/aromatic N) is 3. The summed E-state index contributed by atoms with van der Waals surface area (Å²) >= 11 is 3.03. The van der Waals surface area contributed by atoms with Crippen LogP contribution in [-0.4, -0.2) is 68.9 Å². The second-order valence-corrected chi connectivity index (χ2v) is 9.62. The minimum absolute atomic E-state index is 0.00878. The highest BCUT2D eigenvalue weighted by Gasteiger charge is 2.49. The maximum absolute atomic E-state index is 13.2. The van der Waals surface area contributed by atoms with Crippen LogP contribution < -0.4 is 0 Å². The van der Waals surface area contributed by atoms with Gasteiger partial charge < -0.3 is 4.90 Å². The molecule has 1 aromatic rings. The molecule has 4 amide bonds. The summed E-state index contributed by atoms with van der Waals surface area (Å²) in [6, 6.07) is 3.86. The quantitative estimate of drug-likeness (QED) is 0.648. The summed E-state index contributed by atoms with van der Waals surface area (Å²) in [7, 11) is 0. The van der Waals surface area contributed by atoms with E-state index in [1.807, 2.05) is 33.9 Å². The number of urea groups is 1. The van der Waals surface area contributed by atoms with Gasteiger partial charge in [-0.15, -0.1) is 23.1 Å². The Labute approximate surface area is 179 Å². The van der Waals surface area contributed by atoms with Crippen molar-refractivity contribution < 1.29 is 19.0 Å². The van der Waals surface area contributed by atoms with E-state index < -0.39 is 5.25 Å². The largest absolute Gasteiger partial charge is 0.501 e. The lowest BCUT2D eigenvalue weighted by Crippen LogP contribution is -2.57. The minimum atomic E-state index is -0.424. The number of imide groups is 1. The molecule has 154 valence electrons. The number of carbonyl (C=O) groups is 3. The standard InChI is InChI=1S/C21H26N3O3S2/c1-2-15-6-3-4-10-22(15)18(25)14-24-17-9-13-29-19(17)20(26)23(21(24)27)11-8-16-7-5-12-28-16/h5,7,9,12-13,15,19H,2-4,6,8,10-11,14H2,1H3/q+1. The monoisotopic (exact) mass is 432 g/mol. The number of allylic oxidation sites excluding steroid dienone is 1. The number of thioether (sulfide) groups is 1. The van der Waals surface area contributed by atoms with Gasteiger partial charge in [0.2, 0.25) is 0 Å². The Morgan fingerprint density at radius 2 is 2.17 bits per heavy atom. The second kappa shape index (κ2) is 8.83. The lowest BCUT2D eigenvalue weighted by atomic mass is 10.00. The predicted octanol–water partition coefficient (Wildman–Crippen LogP) is 3.13. The lowest BCUT2D eigenvalue weighted by molar-refractivity contribution is -0.428. The van der Waals surface area contributed by atoms with Gasteiger partial charge in [-0.05, 0) is 48.6 Å². The van der Waals surface area contributed by atoms with Gasteiger partial charge in [0.25, 0.3) is 5.91 Å². The first-order valence-corrected chi connectivity index (χ1v) is 12.1. The Kier molecular flexibility index (Phi) is 6.20. The first-order chi connectivity index (χ1) is 14.1. The molecule has 29 heavy (non-hydrogen) atoms. The third kappa shape index (κ3) is 4.05. The maximum atomic E-state index is 13.2. The van der Waals surface area contributed by atoms with Gasteiger partial charge in [0.15, 0.2) is 11.8 Å². The normalized spacial score (nSPS) is 24.4. The molecule has 0 radical (unpaired) electrons. The Morgan fingerprint density at radius 3 is 2.93 bits per heavy atom. The zero-order chi connectivity index (χ0) is 20.4. The molecule has 3 aliphatic rings. The molecule has 0 aromatic carbocycles. The molecule has 8 heteroatoms. The van der Waals surface area contributed by atoms with E-state index in [-0.39, 0.29) is 30.4 Å². The maximum Gasteiger partial charge on any atom is 0.501 e. The summed E-state index contributed by atoms with van der Waals surface area (Å²) < 4.78 is 1.53. The van der Waals surface area contributed by atoms with Gasteiger partial charge in [-0.1, -0.05) is 13.0 Å². The number of likely N-dealkylation sites (tertiary alicyclic amines) is 1. The molecule has 1 aromatic heterocycles. The van der Waals surface area contributed by atoms with Crippen LogP contribution in [0.15, 0.2) is 29.0 Å². The molecule has 0 N–H and O–H groups in total. The van der Waals surface area contributed by atoms with Gasteiger partial charge in [0, 0.05) is 23.9 Å². The zero-order valence-electron chi connectivity index (χ0n) is 16.6. The highest BCUT2D eigenvalue weighted by atomic mass is 32.2. The Morgan fingerprint density at radius 1 is 1.31 bits per heavy atom. The topological polar surface area (TPSA) is 60.7 Å². The molecule has 2 atom stereocenters. The smallest absolute Gasteiger partial charge is 0.336 e. The van der Waals surface area contributed by atoms with E-state index in [1.54, 1.807) is 11.3 Å². The van der Waals surface area contributed by atoms with Crippen LogP contribution in [-0.2, 0) is 16.0 Å². The van der Waals surface area contributed by atoms with E-state index >= 15 is 0 Å². The summed E-state index contributed by atoms with van der Waals surface area (Å²) in [5.41, 5.74) is 0.649. The van der Waals surface area contributed by atoms with Gasteiger partial charge in [0.1, 0.15) is 12.3 Å². The molecule has 1 saturated heterocycles. The highest BCUT2D eigenvalue weighted by Crippen LogP contribution is 2.28. The first-order valence-electron chi connectivity index (χ1n) is 10.2. The van der Waals surface area contributed by atoms with Crippen LogP contribution in [0.25, 0.3) is 0 Å². The van der Waals surface area contributed by atoms with Gasteiger partial charge in [-0.25, -0.2) is 4.79 Å². The van der Waals surface area contributed by atoms with Crippen LogP contribution in [0.5, 0.6) is 0 Å². The summed E-state index contributed by atoms with van der Waals surface area (Å²) in [6.45, 7) is 3.21. The van der Waals surface area contributed by atoms with Crippen LogP contribution in [0.2, 0.25) is 0 Å². The van der Waals surface area contributed by atoms with Crippen LogP contribution >= 0.6 is 23.1 Å². The van der Waals surface area contributed by atoms with Crippen LogP contribution in [0.1, 0.15) is 37.5 Å². The van der Waals surface area contributed by atoms with Crippen molar-refractivity contribution in [1.29, 1.82) is 0 Å². The molecule has 3 aliphatic heterocycles. The van der Waals surface area contributed by atoms with E-state index in [9.17, 15) is 14.4 Å². The lowest BCUT2D eigenvalue weighted by Gasteiger charge is -2.35. The number of hydrogen-bond donors (Lipinski definition) is 0.